The highest BCUT2D eigenvalue weighted by atomic mass is 35.5. The van der Waals surface area contributed by atoms with Crippen LogP contribution in [0.5, 0.6) is 0 Å². The molecule has 152 valence electrons. The highest BCUT2D eigenvalue weighted by molar-refractivity contribution is 6.27. The molecule has 2 aromatic rings. The van der Waals surface area contributed by atoms with Gasteiger partial charge in [0.05, 0.1) is 11.4 Å². The Morgan fingerprint density at radius 2 is 2.03 bits per heavy atom. The molecule has 1 saturated carbocycles. The van der Waals surface area contributed by atoms with Gasteiger partial charge in [-0.2, -0.15) is 0 Å². The van der Waals surface area contributed by atoms with Gasteiger partial charge in [-0.1, -0.05) is 30.7 Å². The minimum absolute atomic E-state index is 0.252. The summed E-state index contributed by atoms with van der Waals surface area (Å²) in [6.45, 7) is 7.54. The van der Waals surface area contributed by atoms with E-state index in [4.69, 9.17) is 16.6 Å². The van der Waals surface area contributed by atoms with Gasteiger partial charge < -0.3 is 5.11 Å². The molecular weight excluding hydrogens is 386 g/mol. The Hall–Kier alpha value is -2.21. The molecule has 1 atom stereocenters. The summed E-state index contributed by atoms with van der Waals surface area (Å²) in [7, 11) is 0. The van der Waals surface area contributed by atoms with Crippen LogP contribution >= 0.6 is 11.6 Å². The number of aliphatic hydroxyl groups is 1. The smallest absolute Gasteiger partial charge is 0.257 e. The summed E-state index contributed by atoms with van der Waals surface area (Å²) in [5.41, 5.74) is 7.20. The summed E-state index contributed by atoms with van der Waals surface area (Å²) in [5.74, 6) is 0.721. The van der Waals surface area contributed by atoms with E-state index < -0.39 is 6.23 Å². The topological polar surface area (TPSA) is 56.7 Å². The molecule has 1 aliphatic carbocycles. The third kappa shape index (κ3) is 3.70. The molecule has 0 bridgehead atoms. The molecule has 1 amide bonds. The number of aliphatic hydroxyl groups excluding tert-OH is 1. The fourth-order valence-corrected chi connectivity index (χ4v) is 4.07. The molecule has 2 heterocycles. The molecule has 1 aromatic heterocycles. The predicted molar refractivity (Wildman–Crippen MR) is 115 cm³/mol. The number of amides is 1. The molecule has 4 rings (SSSR count). The van der Waals surface area contributed by atoms with Crippen LogP contribution in [0.4, 0.5) is 11.5 Å². The van der Waals surface area contributed by atoms with Crippen LogP contribution in [0.25, 0.3) is 0 Å². The van der Waals surface area contributed by atoms with Crippen molar-refractivity contribution in [3.8, 4) is 0 Å². The Morgan fingerprint density at radius 1 is 1.31 bits per heavy atom. The minimum atomic E-state index is -0.752. The number of fused-ring (bicyclic) bond motifs is 1. The minimum Gasteiger partial charge on any atom is -0.372 e. The van der Waals surface area contributed by atoms with Crippen molar-refractivity contribution < 1.29 is 9.90 Å². The number of anilines is 2. The number of aromatic nitrogens is 1. The van der Waals surface area contributed by atoms with E-state index in [-0.39, 0.29) is 5.91 Å². The van der Waals surface area contributed by atoms with Gasteiger partial charge in [-0.15, -0.1) is 0 Å². The Morgan fingerprint density at radius 3 is 2.69 bits per heavy atom. The number of benzene rings is 1. The Labute approximate surface area is 176 Å². The average molecular weight is 412 g/mol. The summed E-state index contributed by atoms with van der Waals surface area (Å²) in [4.78, 5) is 21.4. The standard InChI is InChI=1S/C23H26ClN3O2/c1-4-26-13-17-7-8-20(25-22(17)23(26)29)27(21(28)9-10-24)19-12-15(3)14(2)11-18(19)16-5-6-16/h7-12,16,23,29H,4-6,13H2,1-3H3/b10-9-. The molecule has 5 nitrogen and oxygen atoms in total. The summed E-state index contributed by atoms with van der Waals surface area (Å²) >= 11 is 5.75. The number of hydrogen-bond donors (Lipinski definition) is 1. The summed E-state index contributed by atoms with van der Waals surface area (Å²) in [6.07, 6.45) is 2.85. The molecule has 0 radical (unpaired) electrons. The van der Waals surface area contributed by atoms with Gasteiger partial charge in [-0.3, -0.25) is 14.6 Å². The molecule has 1 N–H and O–H groups in total. The molecule has 1 aliphatic heterocycles. The average Bonchev–Trinajstić information content (AvgIpc) is 3.49. The zero-order valence-electron chi connectivity index (χ0n) is 17.0. The normalized spacial score (nSPS) is 19.0. The van der Waals surface area contributed by atoms with Gasteiger partial charge in [0.1, 0.15) is 5.82 Å². The van der Waals surface area contributed by atoms with E-state index in [0.717, 1.165) is 36.2 Å². The van der Waals surface area contributed by atoms with Crippen LogP contribution in [0.1, 0.15) is 59.9 Å². The molecule has 29 heavy (non-hydrogen) atoms. The van der Waals surface area contributed by atoms with Crippen molar-refractivity contribution in [2.24, 2.45) is 0 Å². The van der Waals surface area contributed by atoms with Crippen molar-refractivity contribution in [1.82, 2.24) is 9.88 Å². The maximum absolute atomic E-state index is 13.1. The summed E-state index contributed by atoms with van der Waals surface area (Å²) in [6, 6.07) is 8.07. The monoisotopic (exact) mass is 411 g/mol. The second-order valence-corrected chi connectivity index (χ2v) is 8.14. The van der Waals surface area contributed by atoms with E-state index in [0.29, 0.717) is 24.0 Å². The zero-order chi connectivity index (χ0) is 20.7. The Bertz CT molecular complexity index is 984. The van der Waals surface area contributed by atoms with E-state index in [9.17, 15) is 9.90 Å². The van der Waals surface area contributed by atoms with Crippen LogP contribution in [0, 0.1) is 13.8 Å². The lowest BCUT2D eigenvalue weighted by molar-refractivity contribution is -0.113. The molecular formula is C23H26ClN3O2. The molecule has 1 aromatic carbocycles. The van der Waals surface area contributed by atoms with Crippen molar-refractivity contribution in [2.45, 2.75) is 52.3 Å². The third-order valence-corrected chi connectivity index (χ3v) is 6.05. The van der Waals surface area contributed by atoms with Gasteiger partial charge in [0, 0.05) is 18.2 Å². The fourth-order valence-electron chi connectivity index (χ4n) is 3.96. The second kappa shape index (κ2) is 7.90. The SMILES string of the molecule is CCN1Cc2ccc(N(C(=O)/C=C\Cl)c3cc(C)c(C)cc3C3CC3)nc2C1O. The lowest BCUT2D eigenvalue weighted by Gasteiger charge is -2.25. The molecule has 6 heteroatoms. The van der Waals surface area contributed by atoms with Gasteiger partial charge in [0.15, 0.2) is 6.23 Å². The molecule has 0 saturated heterocycles. The fraction of sp³-hybridized carbons (Fsp3) is 0.391. The van der Waals surface area contributed by atoms with Crippen molar-refractivity contribution in [3.05, 3.63) is 63.8 Å². The highest BCUT2D eigenvalue weighted by Crippen LogP contribution is 2.46. The van der Waals surface area contributed by atoms with E-state index >= 15 is 0 Å². The van der Waals surface area contributed by atoms with E-state index in [1.54, 1.807) is 4.90 Å². The van der Waals surface area contributed by atoms with Crippen LogP contribution in [0.3, 0.4) is 0 Å². The number of hydrogen-bond acceptors (Lipinski definition) is 4. The first-order chi connectivity index (χ1) is 13.9. The number of halogens is 1. The highest BCUT2D eigenvalue weighted by Gasteiger charge is 2.33. The first-order valence-corrected chi connectivity index (χ1v) is 10.5. The number of pyridine rings is 1. The number of carbonyl (C=O) groups is 1. The number of nitrogens with zero attached hydrogens (tertiary/aromatic N) is 3. The lowest BCUT2D eigenvalue weighted by Crippen LogP contribution is -2.27. The zero-order valence-corrected chi connectivity index (χ0v) is 17.8. The number of aryl methyl sites for hydroxylation is 2. The maximum atomic E-state index is 13.1. The van der Waals surface area contributed by atoms with E-state index in [1.165, 1.54) is 22.7 Å². The van der Waals surface area contributed by atoms with Crippen molar-refractivity contribution >= 4 is 29.0 Å². The van der Waals surface area contributed by atoms with Crippen LogP contribution in [0.15, 0.2) is 35.9 Å². The molecule has 0 spiro atoms. The predicted octanol–water partition coefficient (Wildman–Crippen LogP) is 4.82. The second-order valence-electron chi connectivity index (χ2n) is 7.89. The number of rotatable bonds is 5. The number of carbonyl (C=O) groups excluding carboxylic acids is 1. The van der Waals surface area contributed by atoms with Gasteiger partial charge >= 0.3 is 0 Å². The van der Waals surface area contributed by atoms with Crippen LogP contribution < -0.4 is 4.90 Å². The van der Waals surface area contributed by atoms with Crippen molar-refractivity contribution in [3.63, 3.8) is 0 Å². The van der Waals surface area contributed by atoms with Gasteiger partial charge in [0.25, 0.3) is 5.91 Å². The lowest BCUT2D eigenvalue weighted by atomic mass is 9.99. The summed E-state index contributed by atoms with van der Waals surface area (Å²) < 4.78 is 0. The van der Waals surface area contributed by atoms with E-state index in [1.807, 2.05) is 24.0 Å². The molecule has 2 aliphatic rings. The van der Waals surface area contributed by atoms with Crippen LogP contribution in [-0.2, 0) is 11.3 Å². The van der Waals surface area contributed by atoms with Crippen molar-refractivity contribution in [2.75, 3.05) is 11.4 Å². The van der Waals surface area contributed by atoms with Gasteiger partial charge in [-0.05, 0) is 73.5 Å². The first-order valence-electron chi connectivity index (χ1n) is 10.1. The molecule has 1 unspecified atom stereocenters. The quantitative estimate of drug-likeness (QED) is 0.716. The van der Waals surface area contributed by atoms with Crippen molar-refractivity contribution in [1.29, 1.82) is 0 Å². The van der Waals surface area contributed by atoms with Gasteiger partial charge in [0.2, 0.25) is 0 Å². The van der Waals surface area contributed by atoms with Crippen LogP contribution in [-0.4, -0.2) is 27.4 Å². The third-order valence-electron chi connectivity index (χ3n) is 5.92. The van der Waals surface area contributed by atoms with Crippen LogP contribution in [0.2, 0.25) is 0 Å². The van der Waals surface area contributed by atoms with Gasteiger partial charge in [-0.25, -0.2) is 4.98 Å². The van der Waals surface area contributed by atoms with E-state index in [2.05, 4.69) is 26.0 Å². The Balaban J connectivity index is 1.85. The Kier molecular flexibility index (Phi) is 5.47. The first kappa shape index (κ1) is 20.1. The largest absolute Gasteiger partial charge is 0.372 e. The summed E-state index contributed by atoms with van der Waals surface area (Å²) in [5, 5.41) is 10.6. The molecule has 1 fully saturated rings. The maximum Gasteiger partial charge on any atom is 0.257 e.